The molecule has 0 fully saturated rings. The number of phenolic OH excluding ortho intramolecular Hbond substituents is 1. The molecule has 0 aliphatic heterocycles. The molecule has 0 amide bonds. The van der Waals surface area contributed by atoms with Crippen molar-refractivity contribution in [3.05, 3.63) is 48.5 Å². The fraction of sp³-hybridized carbons (Fsp3) is 0. The van der Waals surface area contributed by atoms with Crippen LogP contribution in [0.15, 0.2) is 48.5 Å². The third-order valence-electron chi connectivity index (χ3n) is 2.31. The average Bonchev–Trinajstić information content (AvgIpc) is 2.29. The molecule has 0 saturated carbocycles. The van der Waals surface area contributed by atoms with Gasteiger partial charge < -0.3 is 5.11 Å². The standard InChI is InChI=1S/C12H11NO3.Zn/c14-12-8-4-2-6-10(12)9-5-1-3-7-11(9)13(15)16;/h1-8,14-16H;. The number of anilines is 1. The van der Waals surface area contributed by atoms with Gasteiger partial charge in [0.2, 0.25) is 0 Å². The molecule has 0 spiro atoms. The SMILES string of the molecule is Oc1ccccc1-c1ccccc1N(O)O.[Zn]. The Hall–Kier alpha value is -1.42. The maximum absolute atomic E-state index is 9.69. The Labute approximate surface area is 111 Å². The number of para-hydroxylation sites is 2. The number of hydrogen-bond donors (Lipinski definition) is 3. The van der Waals surface area contributed by atoms with Gasteiger partial charge in [0.1, 0.15) is 11.4 Å². The van der Waals surface area contributed by atoms with Crippen molar-refractivity contribution < 1.29 is 35.0 Å². The van der Waals surface area contributed by atoms with Gasteiger partial charge in [-0.3, -0.25) is 10.4 Å². The van der Waals surface area contributed by atoms with E-state index in [1.165, 1.54) is 0 Å². The zero-order chi connectivity index (χ0) is 11.5. The quantitative estimate of drug-likeness (QED) is 0.585. The monoisotopic (exact) mass is 281 g/mol. The summed E-state index contributed by atoms with van der Waals surface area (Å²) in [4.78, 5) is 0. The summed E-state index contributed by atoms with van der Waals surface area (Å²) in [5.74, 6) is 0.0943. The molecule has 84 valence electrons. The molecule has 3 N–H and O–H groups in total. The molecule has 0 heterocycles. The predicted octanol–water partition coefficient (Wildman–Crippen LogP) is 2.64. The van der Waals surface area contributed by atoms with Crippen molar-refractivity contribution in [2.24, 2.45) is 0 Å². The van der Waals surface area contributed by atoms with Gasteiger partial charge in [-0.1, -0.05) is 36.4 Å². The van der Waals surface area contributed by atoms with E-state index in [1.807, 2.05) is 0 Å². The van der Waals surface area contributed by atoms with Gasteiger partial charge in [0.15, 0.2) is 0 Å². The molecule has 4 nitrogen and oxygen atoms in total. The van der Waals surface area contributed by atoms with E-state index in [-0.39, 0.29) is 36.1 Å². The third-order valence-corrected chi connectivity index (χ3v) is 2.31. The average molecular weight is 283 g/mol. The van der Waals surface area contributed by atoms with E-state index < -0.39 is 0 Å². The van der Waals surface area contributed by atoms with Crippen molar-refractivity contribution >= 4 is 5.69 Å². The summed E-state index contributed by atoms with van der Waals surface area (Å²) < 4.78 is 0. The Balaban J connectivity index is 0.00000144. The Morgan fingerprint density at radius 3 is 1.88 bits per heavy atom. The molecule has 0 bridgehead atoms. The van der Waals surface area contributed by atoms with E-state index in [2.05, 4.69) is 0 Å². The van der Waals surface area contributed by atoms with E-state index in [9.17, 15) is 5.11 Å². The summed E-state index contributed by atoms with van der Waals surface area (Å²) >= 11 is 0. The smallest absolute Gasteiger partial charge is 0.123 e. The first kappa shape index (κ1) is 13.6. The zero-order valence-electron chi connectivity index (χ0n) is 9.11. The first-order valence-electron chi connectivity index (χ1n) is 4.75. The summed E-state index contributed by atoms with van der Waals surface area (Å²) in [7, 11) is 0. The molecule has 0 saturated heterocycles. The van der Waals surface area contributed by atoms with Gasteiger partial charge in [-0.2, -0.15) is 0 Å². The molecule has 0 atom stereocenters. The van der Waals surface area contributed by atoms with Gasteiger partial charge in [0.05, 0.1) is 0 Å². The summed E-state index contributed by atoms with van der Waals surface area (Å²) in [5, 5.41) is 27.9. The maximum atomic E-state index is 9.69. The first-order chi connectivity index (χ1) is 7.70. The van der Waals surface area contributed by atoms with Crippen LogP contribution in [0.3, 0.4) is 0 Å². The molecule has 0 unspecified atom stereocenters. The van der Waals surface area contributed by atoms with Gasteiger partial charge >= 0.3 is 0 Å². The second-order valence-electron chi connectivity index (χ2n) is 3.32. The second-order valence-corrected chi connectivity index (χ2v) is 3.32. The second kappa shape index (κ2) is 5.78. The molecular formula is C12H11NO3Zn. The molecule has 2 rings (SSSR count). The van der Waals surface area contributed by atoms with Gasteiger partial charge in [-0.15, -0.1) is 5.23 Å². The number of nitrogens with zero attached hydrogens (tertiary/aromatic N) is 1. The van der Waals surface area contributed by atoms with Crippen molar-refractivity contribution in [3.63, 3.8) is 0 Å². The van der Waals surface area contributed by atoms with Crippen LogP contribution in [0.1, 0.15) is 0 Å². The van der Waals surface area contributed by atoms with Gasteiger partial charge in [0.25, 0.3) is 0 Å². The van der Waals surface area contributed by atoms with Crippen LogP contribution in [-0.4, -0.2) is 15.5 Å². The minimum atomic E-state index is 0. The molecule has 0 radical (unpaired) electrons. The minimum absolute atomic E-state index is 0. The molecule has 17 heavy (non-hydrogen) atoms. The van der Waals surface area contributed by atoms with Gasteiger partial charge in [-0.05, 0) is 12.1 Å². The Kier molecular flexibility index (Phi) is 4.64. The molecule has 2 aromatic rings. The largest absolute Gasteiger partial charge is 0.507 e. The minimum Gasteiger partial charge on any atom is -0.507 e. The van der Waals surface area contributed by atoms with Crippen LogP contribution in [0.25, 0.3) is 11.1 Å². The molecule has 0 aliphatic carbocycles. The number of aromatic hydroxyl groups is 1. The topological polar surface area (TPSA) is 63.9 Å². The molecule has 0 aliphatic rings. The van der Waals surface area contributed by atoms with E-state index >= 15 is 0 Å². The van der Waals surface area contributed by atoms with Crippen molar-refractivity contribution in [3.8, 4) is 16.9 Å². The van der Waals surface area contributed by atoms with E-state index in [0.29, 0.717) is 11.1 Å². The Bertz CT molecular complexity index is 503. The first-order valence-corrected chi connectivity index (χ1v) is 4.75. The predicted molar refractivity (Wildman–Crippen MR) is 59.6 cm³/mol. The van der Waals surface area contributed by atoms with Crippen molar-refractivity contribution in [1.29, 1.82) is 0 Å². The van der Waals surface area contributed by atoms with Crippen molar-refractivity contribution in [2.75, 3.05) is 5.23 Å². The van der Waals surface area contributed by atoms with Crippen molar-refractivity contribution in [1.82, 2.24) is 0 Å². The normalized spacial score (nSPS) is 9.53. The van der Waals surface area contributed by atoms with Crippen LogP contribution in [-0.2, 0) is 19.5 Å². The van der Waals surface area contributed by atoms with Crippen LogP contribution in [0.2, 0.25) is 0 Å². The Morgan fingerprint density at radius 2 is 1.29 bits per heavy atom. The number of phenols is 1. The summed E-state index contributed by atoms with van der Waals surface area (Å²) in [6, 6.07) is 13.4. The van der Waals surface area contributed by atoms with Gasteiger partial charge in [-0.25, -0.2) is 0 Å². The van der Waals surface area contributed by atoms with E-state index in [1.54, 1.807) is 48.5 Å². The van der Waals surface area contributed by atoms with E-state index in [4.69, 9.17) is 10.4 Å². The zero-order valence-corrected chi connectivity index (χ0v) is 12.1. The van der Waals surface area contributed by atoms with Crippen LogP contribution in [0.5, 0.6) is 5.75 Å². The fourth-order valence-corrected chi connectivity index (χ4v) is 1.58. The molecular weight excluding hydrogens is 272 g/mol. The summed E-state index contributed by atoms with van der Waals surface area (Å²) in [6.07, 6.45) is 0. The van der Waals surface area contributed by atoms with E-state index in [0.717, 1.165) is 0 Å². The van der Waals surface area contributed by atoms with Crippen molar-refractivity contribution in [2.45, 2.75) is 0 Å². The third kappa shape index (κ3) is 2.83. The van der Waals surface area contributed by atoms with Gasteiger partial charge in [0, 0.05) is 30.6 Å². The maximum Gasteiger partial charge on any atom is 0.123 e. The van der Waals surface area contributed by atoms with Crippen LogP contribution in [0.4, 0.5) is 5.69 Å². The van der Waals surface area contributed by atoms with Crippen LogP contribution < -0.4 is 5.23 Å². The van der Waals surface area contributed by atoms with Crippen LogP contribution in [0, 0.1) is 0 Å². The fourth-order valence-electron chi connectivity index (χ4n) is 1.58. The molecule has 0 aromatic heterocycles. The summed E-state index contributed by atoms with van der Waals surface area (Å²) in [5.41, 5.74) is 1.31. The molecule has 5 heteroatoms. The number of hydrogen-bond acceptors (Lipinski definition) is 4. The number of rotatable bonds is 2. The number of benzene rings is 2. The van der Waals surface area contributed by atoms with Crippen LogP contribution >= 0.6 is 0 Å². The Morgan fingerprint density at radius 1 is 0.765 bits per heavy atom. The summed E-state index contributed by atoms with van der Waals surface area (Å²) in [6.45, 7) is 0. The molecule has 2 aromatic carbocycles.